The Bertz CT molecular complexity index is 378. The number of nitrogens with two attached hydrogens (primary N) is 1. The maximum Gasteiger partial charge on any atom is 0.305 e. The second-order valence-electron chi connectivity index (χ2n) is 3.91. The second-order valence-corrected chi connectivity index (χ2v) is 3.91. The molecule has 17 heavy (non-hydrogen) atoms. The third-order valence-corrected chi connectivity index (χ3v) is 2.43. The van der Waals surface area contributed by atoms with Crippen molar-refractivity contribution in [1.29, 1.82) is 0 Å². The molecule has 0 unspecified atom stereocenters. The molecule has 1 aromatic rings. The van der Waals surface area contributed by atoms with Crippen LogP contribution < -0.4 is 11.1 Å². The van der Waals surface area contributed by atoms with Crippen molar-refractivity contribution in [3.63, 3.8) is 0 Å². The van der Waals surface area contributed by atoms with Gasteiger partial charge in [0.1, 0.15) is 0 Å². The number of carbonyl (C=O) groups excluding carboxylic acids is 1. The molecule has 0 atom stereocenters. The van der Waals surface area contributed by atoms with Gasteiger partial charge in [-0.25, -0.2) is 0 Å². The number of nitrogens with one attached hydrogen (secondary N) is 1. The van der Waals surface area contributed by atoms with Gasteiger partial charge in [0.15, 0.2) is 0 Å². The fraction of sp³-hybridized carbons (Fsp3) is 0.462. The molecule has 0 amide bonds. The molecule has 1 aromatic carbocycles. The summed E-state index contributed by atoms with van der Waals surface area (Å²) in [7, 11) is 0. The Morgan fingerprint density at radius 2 is 2.24 bits per heavy atom. The molecule has 4 nitrogen and oxygen atoms in total. The van der Waals surface area contributed by atoms with Gasteiger partial charge in [0.2, 0.25) is 0 Å². The lowest BCUT2D eigenvalue weighted by Gasteiger charge is -2.09. The van der Waals surface area contributed by atoms with Crippen LogP contribution in [0.3, 0.4) is 0 Å². The summed E-state index contributed by atoms with van der Waals surface area (Å²) in [5.74, 6) is -0.136. The summed E-state index contributed by atoms with van der Waals surface area (Å²) in [6, 6.07) is 5.74. The molecule has 0 aliphatic carbocycles. The van der Waals surface area contributed by atoms with Crippen LogP contribution in [0.5, 0.6) is 0 Å². The largest absolute Gasteiger partial charge is 0.466 e. The molecule has 0 aliphatic rings. The van der Waals surface area contributed by atoms with Gasteiger partial charge in [-0.2, -0.15) is 0 Å². The fourth-order valence-corrected chi connectivity index (χ4v) is 1.57. The molecule has 0 saturated heterocycles. The lowest BCUT2D eigenvalue weighted by atomic mass is 10.1. The van der Waals surface area contributed by atoms with E-state index in [-0.39, 0.29) is 5.97 Å². The van der Waals surface area contributed by atoms with E-state index in [1.807, 2.05) is 32.0 Å². The first-order valence-electron chi connectivity index (χ1n) is 5.89. The number of rotatable bonds is 6. The van der Waals surface area contributed by atoms with E-state index in [2.05, 4.69) is 5.32 Å². The summed E-state index contributed by atoms with van der Waals surface area (Å²) >= 11 is 0. The monoisotopic (exact) mass is 236 g/mol. The first-order chi connectivity index (χ1) is 8.13. The molecule has 0 aliphatic heterocycles. The molecular weight excluding hydrogens is 216 g/mol. The number of hydrogen-bond donors (Lipinski definition) is 2. The van der Waals surface area contributed by atoms with Crippen LogP contribution in [0.25, 0.3) is 0 Å². The van der Waals surface area contributed by atoms with Gasteiger partial charge in [-0.05, 0) is 44.0 Å². The average Bonchev–Trinajstić information content (AvgIpc) is 2.27. The molecule has 0 fully saturated rings. The quantitative estimate of drug-likeness (QED) is 0.452. The van der Waals surface area contributed by atoms with Crippen LogP contribution in [0.15, 0.2) is 18.2 Å². The van der Waals surface area contributed by atoms with E-state index in [1.54, 1.807) is 0 Å². The average molecular weight is 236 g/mol. The SMILES string of the molecule is CCOC(=O)CCCNc1ccc(N)cc1C. The first kappa shape index (κ1) is 13.4. The predicted molar refractivity (Wildman–Crippen MR) is 69.9 cm³/mol. The van der Waals surface area contributed by atoms with E-state index in [4.69, 9.17) is 10.5 Å². The van der Waals surface area contributed by atoms with E-state index < -0.39 is 0 Å². The van der Waals surface area contributed by atoms with Crippen LogP contribution in [-0.2, 0) is 9.53 Å². The van der Waals surface area contributed by atoms with Crippen molar-refractivity contribution in [1.82, 2.24) is 0 Å². The molecular formula is C13H20N2O2. The summed E-state index contributed by atoms with van der Waals surface area (Å²) in [5.41, 5.74) is 8.60. The van der Waals surface area contributed by atoms with Gasteiger partial charge in [-0.1, -0.05) is 0 Å². The Kier molecular flexibility index (Phi) is 5.33. The van der Waals surface area contributed by atoms with Crippen LogP contribution >= 0.6 is 0 Å². The normalized spacial score (nSPS) is 10.0. The summed E-state index contributed by atoms with van der Waals surface area (Å²) in [4.78, 5) is 11.1. The number of ether oxygens (including phenoxy) is 1. The van der Waals surface area contributed by atoms with Crippen molar-refractivity contribution < 1.29 is 9.53 Å². The van der Waals surface area contributed by atoms with Crippen LogP contribution in [0.2, 0.25) is 0 Å². The highest BCUT2D eigenvalue weighted by Crippen LogP contribution is 2.17. The molecule has 1 rings (SSSR count). The molecule has 0 spiro atoms. The molecule has 0 bridgehead atoms. The Balaban J connectivity index is 2.29. The molecule has 4 heteroatoms. The number of aryl methyl sites for hydroxylation is 1. The number of carbonyl (C=O) groups is 1. The van der Waals surface area contributed by atoms with Crippen molar-refractivity contribution in [2.24, 2.45) is 0 Å². The van der Waals surface area contributed by atoms with Crippen molar-refractivity contribution in [2.75, 3.05) is 24.2 Å². The summed E-state index contributed by atoms with van der Waals surface area (Å²) < 4.78 is 4.85. The Hall–Kier alpha value is -1.71. The molecule has 0 aromatic heterocycles. The maximum atomic E-state index is 11.1. The molecule has 3 N–H and O–H groups in total. The first-order valence-corrected chi connectivity index (χ1v) is 5.89. The van der Waals surface area contributed by atoms with Gasteiger partial charge in [0.25, 0.3) is 0 Å². The minimum absolute atomic E-state index is 0.136. The number of hydrogen-bond acceptors (Lipinski definition) is 4. The minimum atomic E-state index is -0.136. The molecule has 94 valence electrons. The summed E-state index contributed by atoms with van der Waals surface area (Å²) in [6.07, 6.45) is 1.22. The smallest absolute Gasteiger partial charge is 0.305 e. The van der Waals surface area contributed by atoms with E-state index in [9.17, 15) is 4.79 Å². The van der Waals surface area contributed by atoms with Crippen LogP contribution in [0.4, 0.5) is 11.4 Å². The standard InChI is InChI=1S/C13H20N2O2/c1-3-17-13(16)5-4-8-15-12-7-6-11(14)9-10(12)2/h6-7,9,15H,3-5,8,14H2,1-2H3. The van der Waals surface area contributed by atoms with Gasteiger partial charge in [-0.15, -0.1) is 0 Å². The van der Waals surface area contributed by atoms with E-state index in [0.717, 1.165) is 29.9 Å². The maximum absolute atomic E-state index is 11.1. The van der Waals surface area contributed by atoms with Gasteiger partial charge in [0, 0.05) is 24.3 Å². The number of benzene rings is 1. The molecule has 0 radical (unpaired) electrons. The van der Waals surface area contributed by atoms with Crippen LogP contribution in [0, 0.1) is 6.92 Å². The van der Waals surface area contributed by atoms with Gasteiger partial charge < -0.3 is 15.8 Å². The zero-order valence-electron chi connectivity index (χ0n) is 10.5. The third-order valence-electron chi connectivity index (χ3n) is 2.43. The summed E-state index contributed by atoms with van der Waals surface area (Å²) in [5, 5.41) is 3.27. The van der Waals surface area contributed by atoms with Crippen molar-refractivity contribution in [2.45, 2.75) is 26.7 Å². The fourth-order valence-electron chi connectivity index (χ4n) is 1.57. The predicted octanol–water partition coefficient (Wildman–Crippen LogP) is 2.33. The topological polar surface area (TPSA) is 64.3 Å². The Morgan fingerprint density at radius 1 is 1.47 bits per heavy atom. The minimum Gasteiger partial charge on any atom is -0.466 e. The van der Waals surface area contributed by atoms with E-state index in [0.29, 0.717) is 13.0 Å². The highest BCUT2D eigenvalue weighted by atomic mass is 16.5. The zero-order valence-corrected chi connectivity index (χ0v) is 10.5. The van der Waals surface area contributed by atoms with E-state index >= 15 is 0 Å². The summed E-state index contributed by atoms with van der Waals surface area (Å²) in [6.45, 7) is 5.02. The lowest BCUT2D eigenvalue weighted by Crippen LogP contribution is -2.08. The number of nitrogen functional groups attached to an aromatic ring is 1. The van der Waals surface area contributed by atoms with Gasteiger partial charge in [0.05, 0.1) is 6.61 Å². The van der Waals surface area contributed by atoms with Crippen molar-refractivity contribution in [3.8, 4) is 0 Å². The zero-order chi connectivity index (χ0) is 12.7. The van der Waals surface area contributed by atoms with Crippen molar-refractivity contribution >= 4 is 17.3 Å². The molecule has 0 saturated carbocycles. The molecule has 0 heterocycles. The second kappa shape index (κ2) is 6.78. The van der Waals surface area contributed by atoms with Gasteiger partial charge in [-0.3, -0.25) is 4.79 Å². The number of esters is 1. The third kappa shape index (κ3) is 4.76. The highest BCUT2D eigenvalue weighted by Gasteiger charge is 2.01. The van der Waals surface area contributed by atoms with Gasteiger partial charge >= 0.3 is 5.97 Å². The van der Waals surface area contributed by atoms with E-state index in [1.165, 1.54) is 0 Å². The van der Waals surface area contributed by atoms with Crippen molar-refractivity contribution in [3.05, 3.63) is 23.8 Å². The Labute approximate surface area is 102 Å². The van der Waals surface area contributed by atoms with Crippen LogP contribution in [0.1, 0.15) is 25.3 Å². The highest BCUT2D eigenvalue weighted by molar-refractivity contribution is 5.69. The number of anilines is 2. The Morgan fingerprint density at radius 3 is 2.88 bits per heavy atom. The van der Waals surface area contributed by atoms with Crippen LogP contribution in [-0.4, -0.2) is 19.1 Å². The lowest BCUT2D eigenvalue weighted by molar-refractivity contribution is -0.143.